The average molecular weight is 165 g/mol. The minimum atomic E-state index is 1.12. The fraction of sp³-hybridized carbons (Fsp3) is 0. The summed E-state index contributed by atoms with van der Waals surface area (Å²) in [5.41, 5.74) is 0. The fourth-order valence-corrected chi connectivity index (χ4v) is 1.20. The lowest BCUT2D eigenvalue weighted by Crippen LogP contribution is -1.77. The number of halogens is 1. The zero-order valence-corrected chi connectivity index (χ0v) is 5.34. The van der Waals surface area contributed by atoms with E-state index < -0.39 is 0 Å². The molecular weight excluding hydrogens is 162 g/mol. The molecule has 0 aliphatic carbocycles. The zero-order chi connectivity index (χ0) is 4.41. The Kier molecular flexibility index (Phi) is 1.42. The van der Waals surface area contributed by atoms with Crippen LogP contribution in [0, 0.1) is 5.75 Å². The smallest absolute Gasteiger partial charge is 0.0758 e. The molecule has 1 N–H and O–H groups in total. The first kappa shape index (κ1) is 4.53. The van der Waals surface area contributed by atoms with Crippen molar-refractivity contribution < 1.29 is 0 Å². The maximum absolute atomic E-state index is 3.26. The van der Waals surface area contributed by atoms with Crippen molar-refractivity contribution in [2.24, 2.45) is 0 Å². The lowest BCUT2D eigenvalue weighted by molar-refractivity contribution is 1.45. The van der Waals surface area contributed by atoms with Gasteiger partial charge in [-0.05, 0) is 11.9 Å². The average Bonchev–Trinajstić information content (AvgIpc) is 1.86. The second-order valence-electron chi connectivity index (χ2n) is 0.883. The minimum Gasteiger partial charge on any atom is -0.335 e. The van der Waals surface area contributed by atoms with E-state index in [2.05, 4.69) is 20.7 Å². The van der Waals surface area contributed by atoms with Gasteiger partial charge in [0.1, 0.15) is 0 Å². The van der Waals surface area contributed by atoms with Crippen LogP contribution >= 0.6 is 27.9 Å². The van der Waals surface area contributed by atoms with Crippen LogP contribution in [0.5, 0.6) is 0 Å². The number of hydrogen-bond acceptors (Lipinski definition) is 2. The third-order valence-electron chi connectivity index (χ3n) is 0.436. The van der Waals surface area contributed by atoms with Gasteiger partial charge in [0.05, 0.1) is 5.75 Å². The molecule has 3 heteroatoms. The molecule has 33 valence electrons. The van der Waals surface area contributed by atoms with Crippen molar-refractivity contribution in [2.75, 3.05) is 0 Å². The van der Waals surface area contributed by atoms with Crippen molar-refractivity contribution in [3.63, 3.8) is 0 Å². The highest BCUT2D eigenvalue weighted by Crippen LogP contribution is 2.21. The summed E-state index contributed by atoms with van der Waals surface area (Å²) in [6.45, 7) is 0. The lowest BCUT2D eigenvalue weighted by Gasteiger charge is -1.77. The third-order valence-corrected chi connectivity index (χ3v) is 1.82. The molecule has 0 fully saturated rings. The highest BCUT2D eigenvalue weighted by Gasteiger charge is 1.97. The first-order chi connectivity index (χ1) is 2.89. The summed E-state index contributed by atoms with van der Waals surface area (Å²) in [6.07, 6.45) is 1.89. The Hall–Kier alpha value is 0.370. The van der Waals surface area contributed by atoms with E-state index in [1.54, 1.807) is 11.9 Å². The molecule has 6 heavy (non-hydrogen) atoms. The van der Waals surface area contributed by atoms with Gasteiger partial charge in [-0.25, -0.2) is 0 Å². The van der Waals surface area contributed by atoms with Crippen LogP contribution in [0.1, 0.15) is 0 Å². The summed E-state index contributed by atoms with van der Waals surface area (Å²) in [4.78, 5) is 0. The van der Waals surface area contributed by atoms with Crippen LogP contribution < -0.4 is 4.72 Å². The molecule has 1 aliphatic rings. The quantitative estimate of drug-likeness (QED) is 0.547. The Morgan fingerprint density at radius 1 is 1.83 bits per heavy atom. The van der Waals surface area contributed by atoms with Crippen molar-refractivity contribution in [3.05, 3.63) is 16.4 Å². The van der Waals surface area contributed by atoms with E-state index in [9.17, 15) is 0 Å². The van der Waals surface area contributed by atoms with Gasteiger partial charge in [0.2, 0.25) is 0 Å². The first-order valence-corrected chi connectivity index (χ1v) is 3.17. The third kappa shape index (κ3) is 0.914. The molecule has 0 atom stereocenters. The molecule has 0 spiro atoms. The van der Waals surface area contributed by atoms with Gasteiger partial charge in [-0.1, -0.05) is 15.9 Å². The molecule has 1 heterocycles. The monoisotopic (exact) mass is 164 g/mol. The molecule has 0 bridgehead atoms. The Morgan fingerprint density at radius 3 is 2.83 bits per heavy atom. The second kappa shape index (κ2) is 1.89. The van der Waals surface area contributed by atoms with Gasteiger partial charge < -0.3 is 4.72 Å². The van der Waals surface area contributed by atoms with Gasteiger partial charge in [-0.3, -0.25) is 0 Å². The van der Waals surface area contributed by atoms with Crippen molar-refractivity contribution in [1.82, 2.24) is 4.72 Å². The second-order valence-corrected chi connectivity index (χ2v) is 2.51. The molecule has 0 aromatic heterocycles. The van der Waals surface area contributed by atoms with Gasteiger partial charge >= 0.3 is 0 Å². The molecule has 1 nitrogen and oxygen atoms in total. The minimum absolute atomic E-state index is 1.12. The summed E-state index contributed by atoms with van der Waals surface area (Å²) >= 11 is 4.83. The van der Waals surface area contributed by atoms with E-state index in [1.165, 1.54) is 0 Å². The van der Waals surface area contributed by atoms with E-state index in [1.807, 2.05) is 12.0 Å². The van der Waals surface area contributed by atoms with Crippen LogP contribution in [-0.2, 0) is 0 Å². The van der Waals surface area contributed by atoms with E-state index in [0.29, 0.717) is 0 Å². The number of nitrogens with one attached hydrogen (secondary N) is 1. The molecular formula is C3H3BrNS. The Labute approximate surface area is 49.4 Å². The largest absolute Gasteiger partial charge is 0.335 e. The van der Waals surface area contributed by atoms with Crippen molar-refractivity contribution in [1.29, 1.82) is 0 Å². The van der Waals surface area contributed by atoms with Crippen LogP contribution in [0.25, 0.3) is 0 Å². The van der Waals surface area contributed by atoms with Gasteiger partial charge in [-0.2, -0.15) is 0 Å². The van der Waals surface area contributed by atoms with Crippen molar-refractivity contribution >= 4 is 27.9 Å². The lowest BCUT2D eigenvalue weighted by atomic mass is 10.7. The maximum atomic E-state index is 3.26. The summed E-state index contributed by atoms with van der Waals surface area (Å²) in [6, 6.07) is 0. The summed E-state index contributed by atoms with van der Waals surface area (Å²) < 4.78 is 4.04. The van der Waals surface area contributed by atoms with Crippen molar-refractivity contribution in [2.45, 2.75) is 0 Å². The molecule has 0 aromatic rings. The van der Waals surface area contributed by atoms with Crippen molar-refractivity contribution in [3.8, 4) is 0 Å². The number of rotatable bonds is 0. The maximum Gasteiger partial charge on any atom is 0.0758 e. The van der Waals surface area contributed by atoms with Gasteiger partial charge in [0, 0.05) is 10.7 Å². The SMILES string of the molecule is BrC1=CNS[CH]1. The van der Waals surface area contributed by atoms with Crippen LogP contribution in [0.3, 0.4) is 0 Å². The molecule has 0 aromatic carbocycles. The fourth-order valence-electron chi connectivity index (χ4n) is 0.215. The topological polar surface area (TPSA) is 12.0 Å². The van der Waals surface area contributed by atoms with E-state index in [-0.39, 0.29) is 0 Å². The van der Waals surface area contributed by atoms with E-state index in [4.69, 9.17) is 0 Å². The summed E-state index contributed by atoms with van der Waals surface area (Å²) in [5.74, 6) is 1.99. The first-order valence-electron chi connectivity index (χ1n) is 1.49. The van der Waals surface area contributed by atoms with Crippen LogP contribution in [0.4, 0.5) is 0 Å². The summed E-state index contributed by atoms with van der Waals surface area (Å²) in [7, 11) is 0. The molecule has 0 saturated carbocycles. The Balaban J connectivity index is 2.45. The molecule has 0 unspecified atom stereocenters. The molecule has 1 aliphatic heterocycles. The molecule has 0 saturated heterocycles. The van der Waals surface area contributed by atoms with Crippen LogP contribution in [-0.4, -0.2) is 0 Å². The zero-order valence-electron chi connectivity index (χ0n) is 2.94. The number of hydrogen-bond donors (Lipinski definition) is 1. The van der Waals surface area contributed by atoms with Gasteiger partial charge in [0.15, 0.2) is 0 Å². The normalized spacial score (nSPS) is 19.8. The Bertz CT molecular complexity index is 80.9. The highest BCUT2D eigenvalue weighted by atomic mass is 79.9. The van der Waals surface area contributed by atoms with Crippen LogP contribution in [0.2, 0.25) is 0 Å². The summed E-state index contributed by atoms with van der Waals surface area (Å²) in [5, 5.41) is 0. The van der Waals surface area contributed by atoms with Crippen LogP contribution in [0.15, 0.2) is 10.7 Å². The van der Waals surface area contributed by atoms with Gasteiger partial charge in [-0.15, -0.1) is 0 Å². The molecule has 1 rings (SSSR count). The molecule has 1 radical (unpaired) electrons. The van der Waals surface area contributed by atoms with E-state index in [0.717, 1.165) is 4.48 Å². The predicted octanol–water partition coefficient (Wildman–Crippen LogP) is 1.64. The molecule has 0 amide bonds. The van der Waals surface area contributed by atoms with E-state index >= 15 is 0 Å². The predicted molar refractivity (Wildman–Crippen MR) is 32.0 cm³/mol. The highest BCUT2D eigenvalue weighted by molar-refractivity contribution is 9.12. The Morgan fingerprint density at radius 2 is 2.67 bits per heavy atom. The standard InChI is InChI=1S/C3H3BrNS/c4-3-1-5-6-2-3/h1-2,5H. The van der Waals surface area contributed by atoms with Gasteiger partial charge in [0.25, 0.3) is 0 Å².